The van der Waals surface area contributed by atoms with Crippen molar-refractivity contribution in [2.75, 3.05) is 5.32 Å². The van der Waals surface area contributed by atoms with E-state index in [1.807, 2.05) is 13.0 Å². The van der Waals surface area contributed by atoms with Gasteiger partial charge in [-0.05, 0) is 45.9 Å². The number of carbonyl (C=O) groups excluding carboxylic acids is 1. The summed E-state index contributed by atoms with van der Waals surface area (Å²) in [5.41, 5.74) is 1.73. The van der Waals surface area contributed by atoms with Crippen LogP contribution < -0.4 is 5.32 Å². The standard InChI is InChI=1S/C13H10BrNO3S/c1-7-3-2-4-8(10(7)14)12(16)15-9-5-6-19-11(9)13(17)18/h2-6H,1H3,(H,15,16)(H,17,18). The molecule has 0 saturated carbocycles. The number of carboxylic acids is 1. The van der Waals surface area contributed by atoms with E-state index in [1.165, 1.54) is 0 Å². The number of rotatable bonds is 3. The SMILES string of the molecule is Cc1cccc(C(=O)Nc2ccsc2C(=O)O)c1Br. The fraction of sp³-hybridized carbons (Fsp3) is 0.0769. The van der Waals surface area contributed by atoms with Crippen molar-refractivity contribution in [1.29, 1.82) is 0 Å². The van der Waals surface area contributed by atoms with Crippen LogP contribution in [-0.4, -0.2) is 17.0 Å². The summed E-state index contributed by atoms with van der Waals surface area (Å²) < 4.78 is 0.708. The van der Waals surface area contributed by atoms with Gasteiger partial charge in [-0.1, -0.05) is 12.1 Å². The Balaban J connectivity index is 2.29. The van der Waals surface area contributed by atoms with Crippen LogP contribution in [0.1, 0.15) is 25.6 Å². The Morgan fingerprint density at radius 2 is 2.05 bits per heavy atom. The molecular weight excluding hydrogens is 330 g/mol. The molecule has 0 bridgehead atoms. The fourth-order valence-electron chi connectivity index (χ4n) is 1.59. The largest absolute Gasteiger partial charge is 0.477 e. The molecule has 0 atom stereocenters. The minimum absolute atomic E-state index is 0.122. The van der Waals surface area contributed by atoms with Crippen molar-refractivity contribution in [1.82, 2.24) is 0 Å². The normalized spacial score (nSPS) is 10.2. The van der Waals surface area contributed by atoms with Gasteiger partial charge in [0.15, 0.2) is 0 Å². The summed E-state index contributed by atoms with van der Waals surface area (Å²) in [5, 5.41) is 13.2. The Kier molecular flexibility index (Phi) is 4.01. The molecule has 1 heterocycles. The molecule has 1 aromatic carbocycles. The predicted octanol–water partition coefficient (Wildman–Crippen LogP) is 3.77. The van der Waals surface area contributed by atoms with E-state index in [1.54, 1.807) is 23.6 Å². The van der Waals surface area contributed by atoms with Gasteiger partial charge in [0.25, 0.3) is 5.91 Å². The lowest BCUT2D eigenvalue weighted by molar-refractivity contribution is 0.0703. The number of amides is 1. The zero-order valence-corrected chi connectivity index (χ0v) is 12.3. The zero-order chi connectivity index (χ0) is 14.0. The Labute approximate surface area is 122 Å². The first kappa shape index (κ1) is 13.8. The van der Waals surface area contributed by atoms with Gasteiger partial charge < -0.3 is 10.4 Å². The number of carbonyl (C=O) groups is 2. The number of halogens is 1. The quantitative estimate of drug-likeness (QED) is 0.894. The van der Waals surface area contributed by atoms with Crippen LogP contribution in [0.4, 0.5) is 5.69 Å². The first-order valence-corrected chi connectivity index (χ1v) is 7.05. The number of aromatic carboxylic acids is 1. The summed E-state index contributed by atoms with van der Waals surface area (Å²) >= 11 is 4.43. The average Bonchev–Trinajstić information content (AvgIpc) is 2.80. The average molecular weight is 340 g/mol. The van der Waals surface area contributed by atoms with Gasteiger partial charge in [0, 0.05) is 4.47 Å². The van der Waals surface area contributed by atoms with Crippen molar-refractivity contribution < 1.29 is 14.7 Å². The van der Waals surface area contributed by atoms with Crippen molar-refractivity contribution in [3.8, 4) is 0 Å². The van der Waals surface area contributed by atoms with Crippen LogP contribution in [0.5, 0.6) is 0 Å². The highest BCUT2D eigenvalue weighted by molar-refractivity contribution is 9.10. The Hall–Kier alpha value is -1.66. The molecule has 2 aromatic rings. The second kappa shape index (κ2) is 5.54. The molecule has 2 rings (SSSR count). The Bertz CT molecular complexity index is 651. The van der Waals surface area contributed by atoms with E-state index in [-0.39, 0.29) is 10.8 Å². The first-order chi connectivity index (χ1) is 9.00. The van der Waals surface area contributed by atoms with Gasteiger partial charge in [-0.15, -0.1) is 11.3 Å². The van der Waals surface area contributed by atoms with Crippen molar-refractivity contribution in [2.45, 2.75) is 6.92 Å². The lowest BCUT2D eigenvalue weighted by Gasteiger charge is -2.08. The van der Waals surface area contributed by atoms with Gasteiger partial charge in [-0.25, -0.2) is 4.79 Å². The molecule has 0 aliphatic rings. The van der Waals surface area contributed by atoms with Crippen LogP contribution >= 0.6 is 27.3 Å². The molecule has 98 valence electrons. The summed E-state index contributed by atoms with van der Waals surface area (Å²) in [6.45, 7) is 1.88. The minimum Gasteiger partial charge on any atom is -0.477 e. The van der Waals surface area contributed by atoms with Crippen molar-refractivity contribution in [3.05, 3.63) is 50.1 Å². The summed E-state index contributed by atoms with van der Waals surface area (Å²) in [7, 11) is 0. The summed E-state index contributed by atoms with van der Waals surface area (Å²) in [6.07, 6.45) is 0. The zero-order valence-electron chi connectivity index (χ0n) is 9.94. The van der Waals surface area contributed by atoms with E-state index in [0.717, 1.165) is 16.9 Å². The van der Waals surface area contributed by atoms with Gasteiger partial charge in [-0.3, -0.25) is 4.79 Å². The molecule has 0 radical (unpaired) electrons. The molecule has 2 N–H and O–H groups in total. The second-order valence-electron chi connectivity index (χ2n) is 3.86. The molecular formula is C13H10BrNO3S. The predicted molar refractivity (Wildman–Crippen MR) is 78.1 cm³/mol. The molecule has 0 unspecified atom stereocenters. The highest BCUT2D eigenvalue weighted by atomic mass is 79.9. The highest BCUT2D eigenvalue weighted by Gasteiger charge is 2.16. The van der Waals surface area contributed by atoms with E-state index in [4.69, 9.17) is 5.11 Å². The van der Waals surface area contributed by atoms with Gasteiger partial charge in [0.2, 0.25) is 0 Å². The monoisotopic (exact) mass is 339 g/mol. The summed E-state index contributed by atoms with van der Waals surface area (Å²) in [6, 6.07) is 6.92. The van der Waals surface area contributed by atoms with E-state index < -0.39 is 5.97 Å². The first-order valence-electron chi connectivity index (χ1n) is 5.38. The molecule has 0 aliphatic heterocycles. The second-order valence-corrected chi connectivity index (χ2v) is 5.57. The molecule has 0 aliphatic carbocycles. The molecule has 1 aromatic heterocycles. The van der Waals surface area contributed by atoms with Gasteiger partial charge in [0.05, 0.1) is 11.3 Å². The van der Waals surface area contributed by atoms with Gasteiger partial charge >= 0.3 is 5.97 Å². The van der Waals surface area contributed by atoms with Crippen LogP contribution in [-0.2, 0) is 0 Å². The Morgan fingerprint density at radius 1 is 1.32 bits per heavy atom. The molecule has 19 heavy (non-hydrogen) atoms. The maximum absolute atomic E-state index is 12.1. The number of hydrogen-bond donors (Lipinski definition) is 2. The number of carboxylic acid groups (broad SMARTS) is 1. The third-order valence-electron chi connectivity index (χ3n) is 2.54. The number of thiophene rings is 1. The van der Waals surface area contributed by atoms with Crippen LogP contribution in [0.3, 0.4) is 0 Å². The minimum atomic E-state index is -1.05. The molecule has 6 heteroatoms. The topological polar surface area (TPSA) is 66.4 Å². The maximum atomic E-state index is 12.1. The van der Waals surface area contributed by atoms with E-state index in [0.29, 0.717) is 15.7 Å². The van der Waals surface area contributed by atoms with E-state index >= 15 is 0 Å². The number of anilines is 1. The van der Waals surface area contributed by atoms with Gasteiger partial charge in [0.1, 0.15) is 4.88 Å². The van der Waals surface area contributed by atoms with Crippen LogP contribution in [0.25, 0.3) is 0 Å². The maximum Gasteiger partial charge on any atom is 0.348 e. The molecule has 0 saturated heterocycles. The van der Waals surface area contributed by atoms with Crippen molar-refractivity contribution >= 4 is 44.8 Å². The van der Waals surface area contributed by atoms with E-state index in [2.05, 4.69) is 21.2 Å². The van der Waals surface area contributed by atoms with E-state index in [9.17, 15) is 9.59 Å². The Morgan fingerprint density at radius 3 is 2.74 bits per heavy atom. The van der Waals surface area contributed by atoms with Crippen molar-refractivity contribution in [2.24, 2.45) is 0 Å². The molecule has 0 spiro atoms. The van der Waals surface area contributed by atoms with Crippen molar-refractivity contribution in [3.63, 3.8) is 0 Å². The molecule has 4 nitrogen and oxygen atoms in total. The lowest BCUT2D eigenvalue weighted by Crippen LogP contribution is -2.14. The number of benzene rings is 1. The van der Waals surface area contributed by atoms with Crippen LogP contribution in [0.15, 0.2) is 34.1 Å². The number of aryl methyl sites for hydroxylation is 1. The molecule has 0 fully saturated rings. The molecule has 1 amide bonds. The van der Waals surface area contributed by atoms with Crippen LogP contribution in [0, 0.1) is 6.92 Å². The number of hydrogen-bond acceptors (Lipinski definition) is 3. The number of nitrogens with one attached hydrogen (secondary N) is 1. The fourth-order valence-corrected chi connectivity index (χ4v) is 2.72. The third kappa shape index (κ3) is 2.85. The summed E-state index contributed by atoms with van der Waals surface area (Å²) in [4.78, 5) is 23.2. The lowest BCUT2D eigenvalue weighted by atomic mass is 10.1. The summed E-state index contributed by atoms with van der Waals surface area (Å²) in [5.74, 6) is -1.38. The smallest absolute Gasteiger partial charge is 0.348 e. The highest BCUT2D eigenvalue weighted by Crippen LogP contribution is 2.25. The van der Waals surface area contributed by atoms with Crippen LogP contribution in [0.2, 0.25) is 0 Å². The third-order valence-corrected chi connectivity index (χ3v) is 4.50. The van der Waals surface area contributed by atoms with Gasteiger partial charge in [-0.2, -0.15) is 0 Å².